The monoisotopic (exact) mass is 303 g/mol. The summed E-state index contributed by atoms with van der Waals surface area (Å²) in [6.45, 7) is 6.50. The molecular formula is C12H18BrNOS. The molecule has 5 atom stereocenters. The van der Waals surface area contributed by atoms with Crippen molar-refractivity contribution < 1.29 is 4.74 Å². The molecule has 1 aliphatic heterocycles. The number of rotatable bonds is 2. The molecule has 0 saturated carbocycles. The molecule has 2 N–H and O–H groups in total. The van der Waals surface area contributed by atoms with Crippen LogP contribution in [0.1, 0.15) is 31.7 Å². The fourth-order valence-electron chi connectivity index (χ4n) is 2.63. The van der Waals surface area contributed by atoms with Gasteiger partial charge in [-0.15, -0.1) is 11.3 Å². The zero-order valence-electron chi connectivity index (χ0n) is 9.81. The molecule has 5 unspecified atom stereocenters. The summed E-state index contributed by atoms with van der Waals surface area (Å²) in [5, 5.41) is 2.08. The lowest BCUT2D eigenvalue weighted by atomic mass is 9.83. The van der Waals surface area contributed by atoms with E-state index in [9.17, 15) is 0 Å². The fourth-order valence-corrected chi connectivity index (χ4v) is 4.33. The third kappa shape index (κ3) is 2.08. The van der Waals surface area contributed by atoms with Crippen LogP contribution in [0.25, 0.3) is 0 Å². The van der Waals surface area contributed by atoms with E-state index in [4.69, 9.17) is 10.5 Å². The average Bonchev–Trinajstić information content (AvgIpc) is 2.73. The first-order valence-corrected chi connectivity index (χ1v) is 7.33. The summed E-state index contributed by atoms with van der Waals surface area (Å²) in [4.78, 5) is 1.24. The third-order valence-electron chi connectivity index (χ3n) is 3.68. The second kappa shape index (κ2) is 4.77. The van der Waals surface area contributed by atoms with E-state index in [2.05, 4.69) is 48.1 Å². The van der Waals surface area contributed by atoms with Crippen LogP contribution in [-0.4, -0.2) is 12.2 Å². The van der Waals surface area contributed by atoms with Crippen molar-refractivity contribution >= 4 is 27.3 Å². The van der Waals surface area contributed by atoms with Crippen LogP contribution in [0.4, 0.5) is 0 Å². The summed E-state index contributed by atoms with van der Waals surface area (Å²) in [5.74, 6) is 0.920. The third-order valence-corrected chi connectivity index (χ3v) is 5.65. The summed E-state index contributed by atoms with van der Waals surface area (Å²) in [7, 11) is 0. The highest BCUT2D eigenvalue weighted by atomic mass is 79.9. The first kappa shape index (κ1) is 12.6. The molecule has 4 heteroatoms. The number of nitrogens with two attached hydrogens (primary N) is 1. The molecule has 0 bridgehead atoms. The summed E-state index contributed by atoms with van der Waals surface area (Å²) in [6.07, 6.45) is 0.554. The van der Waals surface area contributed by atoms with Crippen molar-refractivity contribution in [3.05, 3.63) is 20.8 Å². The molecular weight excluding hydrogens is 286 g/mol. The summed E-state index contributed by atoms with van der Waals surface area (Å²) in [5.41, 5.74) is 6.39. The van der Waals surface area contributed by atoms with Crippen LogP contribution < -0.4 is 5.73 Å². The van der Waals surface area contributed by atoms with Gasteiger partial charge in [0.05, 0.1) is 12.2 Å². The number of ether oxygens (including phenoxy) is 1. The Morgan fingerprint density at radius 2 is 2.06 bits per heavy atom. The molecule has 1 aliphatic rings. The van der Waals surface area contributed by atoms with E-state index in [0.29, 0.717) is 17.9 Å². The molecule has 0 radical (unpaired) electrons. The summed E-state index contributed by atoms with van der Waals surface area (Å²) >= 11 is 5.28. The Morgan fingerprint density at radius 1 is 1.38 bits per heavy atom. The van der Waals surface area contributed by atoms with Crippen molar-refractivity contribution in [3.63, 3.8) is 0 Å². The minimum Gasteiger partial charge on any atom is -0.375 e. The Labute approximate surface area is 109 Å². The molecule has 0 aliphatic carbocycles. The second-order valence-corrected chi connectivity index (χ2v) is 6.44. The van der Waals surface area contributed by atoms with Gasteiger partial charge in [0.15, 0.2) is 0 Å². The molecule has 1 aromatic heterocycles. The molecule has 0 amide bonds. The van der Waals surface area contributed by atoms with E-state index in [1.807, 2.05) is 0 Å². The van der Waals surface area contributed by atoms with Gasteiger partial charge in [-0.25, -0.2) is 0 Å². The fraction of sp³-hybridized carbons (Fsp3) is 0.667. The van der Waals surface area contributed by atoms with E-state index in [1.165, 1.54) is 4.88 Å². The highest BCUT2D eigenvalue weighted by molar-refractivity contribution is 9.10. The van der Waals surface area contributed by atoms with Crippen LogP contribution in [0.15, 0.2) is 15.9 Å². The summed E-state index contributed by atoms with van der Waals surface area (Å²) in [6, 6.07) is 2.14. The average molecular weight is 304 g/mol. The largest absolute Gasteiger partial charge is 0.375 e. The maximum atomic E-state index is 6.39. The topological polar surface area (TPSA) is 35.2 Å². The highest BCUT2D eigenvalue weighted by Crippen LogP contribution is 2.42. The zero-order valence-corrected chi connectivity index (χ0v) is 12.2. The Bertz CT molecular complexity index is 368. The Hall–Kier alpha value is 0.100. The SMILES string of the molecule is CC1OC(C)C(C(N)c2sccc2Br)C1C. The van der Waals surface area contributed by atoms with Crippen LogP contribution in [0.2, 0.25) is 0 Å². The van der Waals surface area contributed by atoms with E-state index in [0.717, 1.165) is 4.47 Å². The highest BCUT2D eigenvalue weighted by Gasteiger charge is 2.41. The first-order chi connectivity index (χ1) is 7.52. The second-order valence-electron chi connectivity index (χ2n) is 4.64. The van der Waals surface area contributed by atoms with Crippen molar-refractivity contribution in [1.82, 2.24) is 0 Å². The lowest BCUT2D eigenvalue weighted by Crippen LogP contribution is -2.30. The van der Waals surface area contributed by atoms with E-state index >= 15 is 0 Å². The molecule has 2 rings (SSSR count). The van der Waals surface area contributed by atoms with E-state index < -0.39 is 0 Å². The molecule has 1 aromatic rings. The van der Waals surface area contributed by atoms with Crippen LogP contribution >= 0.6 is 27.3 Å². The minimum absolute atomic E-state index is 0.0734. The van der Waals surface area contributed by atoms with Gasteiger partial charge in [0.25, 0.3) is 0 Å². The van der Waals surface area contributed by atoms with E-state index in [1.54, 1.807) is 11.3 Å². The van der Waals surface area contributed by atoms with Gasteiger partial charge in [-0.2, -0.15) is 0 Å². The summed E-state index contributed by atoms with van der Waals surface area (Å²) < 4.78 is 6.98. The Kier molecular flexibility index (Phi) is 3.74. The maximum Gasteiger partial charge on any atom is 0.0600 e. The van der Waals surface area contributed by atoms with Gasteiger partial charge < -0.3 is 10.5 Å². The Morgan fingerprint density at radius 3 is 2.50 bits per heavy atom. The number of hydrogen-bond donors (Lipinski definition) is 1. The maximum absolute atomic E-state index is 6.39. The normalized spacial score (nSPS) is 36.6. The molecule has 1 fully saturated rings. The predicted molar refractivity (Wildman–Crippen MR) is 71.6 cm³/mol. The lowest BCUT2D eigenvalue weighted by molar-refractivity contribution is 0.0490. The van der Waals surface area contributed by atoms with Gasteiger partial charge in [0.2, 0.25) is 0 Å². The number of thiophene rings is 1. The molecule has 0 aromatic carbocycles. The zero-order chi connectivity index (χ0) is 11.9. The molecule has 16 heavy (non-hydrogen) atoms. The van der Waals surface area contributed by atoms with Crippen LogP contribution in [0.5, 0.6) is 0 Å². The van der Waals surface area contributed by atoms with Gasteiger partial charge in [-0.3, -0.25) is 0 Å². The number of halogens is 1. The minimum atomic E-state index is 0.0734. The van der Waals surface area contributed by atoms with Gasteiger partial charge in [-0.05, 0) is 47.1 Å². The molecule has 0 spiro atoms. The predicted octanol–water partition coefficient (Wildman–Crippen LogP) is 3.57. The quantitative estimate of drug-likeness (QED) is 0.906. The van der Waals surface area contributed by atoms with Crippen molar-refractivity contribution in [2.75, 3.05) is 0 Å². The van der Waals surface area contributed by atoms with Crippen LogP contribution in [-0.2, 0) is 4.74 Å². The molecule has 2 heterocycles. The van der Waals surface area contributed by atoms with Crippen molar-refractivity contribution in [2.45, 2.75) is 39.0 Å². The molecule has 2 nitrogen and oxygen atoms in total. The van der Waals surface area contributed by atoms with Crippen LogP contribution in [0.3, 0.4) is 0 Å². The van der Waals surface area contributed by atoms with Gasteiger partial charge >= 0.3 is 0 Å². The van der Waals surface area contributed by atoms with Crippen molar-refractivity contribution in [1.29, 1.82) is 0 Å². The first-order valence-electron chi connectivity index (χ1n) is 5.66. The van der Waals surface area contributed by atoms with Gasteiger partial charge in [0, 0.05) is 21.3 Å². The van der Waals surface area contributed by atoms with Crippen molar-refractivity contribution in [2.24, 2.45) is 17.6 Å². The van der Waals surface area contributed by atoms with Gasteiger partial charge in [0.1, 0.15) is 0 Å². The van der Waals surface area contributed by atoms with Crippen molar-refractivity contribution in [3.8, 4) is 0 Å². The molecule has 90 valence electrons. The lowest BCUT2D eigenvalue weighted by Gasteiger charge is -2.25. The molecule has 1 saturated heterocycles. The standard InChI is InChI=1S/C12H18BrNOS/c1-6-7(2)15-8(3)10(6)11(14)12-9(13)4-5-16-12/h4-8,10-11H,14H2,1-3H3. The van der Waals surface area contributed by atoms with Gasteiger partial charge in [-0.1, -0.05) is 6.92 Å². The van der Waals surface area contributed by atoms with Crippen LogP contribution in [0, 0.1) is 11.8 Å². The van der Waals surface area contributed by atoms with E-state index in [-0.39, 0.29) is 12.1 Å². The number of hydrogen-bond acceptors (Lipinski definition) is 3. The smallest absolute Gasteiger partial charge is 0.0600 e. The Balaban J connectivity index is 2.22.